The van der Waals surface area contributed by atoms with Gasteiger partial charge in [0.05, 0.1) is 11.8 Å². The van der Waals surface area contributed by atoms with E-state index in [0.717, 1.165) is 5.56 Å². The number of hydrogen-bond acceptors (Lipinski definition) is 4. The van der Waals surface area contributed by atoms with Crippen LogP contribution in [0.4, 0.5) is 0 Å². The first kappa shape index (κ1) is 6.03. The van der Waals surface area contributed by atoms with Crippen LogP contribution in [0.5, 0.6) is 0 Å². The maximum atomic E-state index is 4.74. The van der Waals surface area contributed by atoms with E-state index in [0.29, 0.717) is 5.82 Å². The van der Waals surface area contributed by atoms with Gasteiger partial charge < -0.3 is 4.42 Å². The number of rotatable bonds is 1. The van der Waals surface area contributed by atoms with Gasteiger partial charge in [0.2, 0.25) is 0 Å². The molecule has 0 aliphatic heterocycles. The summed E-state index contributed by atoms with van der Waals surface area (Å²) in [5, 5.41) is 0. The van der Waals surface area contributed by atoms with E-state index in [9.17, 15) is 0 Å². The SMILES string of the molecule is [c]1occc1-c1ncncn1. The van der Waals surface area contributed by atoms with E-state index in [1.54, 1.807) is 6.07 Å². The van der Waals surface area contributed by atoms with Crippen LogP contribution < -0.4 is 0 Å². The Balaban J connectivity index is 2.46. The summed E-state index contributed by atoms with van der Waals surface area (Å²) in [6.45, 7) is 0. The van der Waals surface area contributed by atoms with E-state index in [1.165, 1.54) is 18.9 Å². The Morgan fingerprint density at radius 2 is 2.09 bits per heavy atom. The Hall–Kier alpha value is -1.71. The van der Waals surface area contributed by atoms with E-state index in [4.69, 9.17) is 4.42 Å². The normalized spacial score (nSPS) is 9.82. The van der Waals surface area contributed by atoms with Crippen molar-refractivity contribution in [1.29, 1.82) is 0 Å². The van der Waals surface area contributed by atoms with Crippen LogP contribution in [0.25, 0.3) is 11.4 Å². The molecule has 0 unspecified atom stereocenters. The predicted molar refractivity (Wildman–Crippen MR) is 36.4 cm³/mol. The van der Waals surface area contributed by atoms with E-state index in [-0.39, 0.29) is 0 Å². The molecule has 0 saturated heterocycles. The molecule has 0 saturated carbocycles. The minimum Gasteiger partial charge on any atom is -0.460 e. The zero-order valence-electron chi connectivity index (χ0n) is 5.56. The lowest BCUT2D eigenvalue weighted by Crippen LogP contribution is -1.86. The van der Waals surface area contributed by atoms with Gasteiger partial charge in [0.15, 0.2) is 12.1 Å². The summed E-state index contributed by atoms with van der Waals surface area (Å²) >= 11 is 0. The Labute approximate surface area is 62.9 Å². The van der Waals surface area contributed by atoms with Crippen LogP contribution in [-0.2, 0) is 0 Å². The van der Waals surface area contributed by atoms with E-state index >= 15 is 0 Å². The van der Waals surface area contributed by atoms with Crippen LogP contribution in [0.2, 0.25) is 0 Å². The first-order chi connectivity index (χ1) is 5.47. The highest BCUT2D eigenvalue weighted by atomic mass is 16.3. The molecule has 0 N–H and O–H groups in total. The van der Waals surface area contributed by atoms with Crippen LogP contribution >= 0.6 is 0 Å². The molecule has 2 rings (SSSR count). The smallest absolute Gasteiger partial charge is 0.180 e. The summed E-state index contributed by atoms with van der Waals surface area (Å²) in [5.41, 5.74) is 0.743. The first-order valence-electron chi connectivity index (χ1n) is 3.04. The van der Waals surface area contributed by atoms with Crippen molar-refractivity contribution in [2.75, 3.05) is 0 Å². The lowest BCUT2D eigenvalue weighted by molar-refractivity contribution is 0.559. The Morgan fingerprint density at radius 3 is 2.73 bits per heavy atom. The molecule has 0 spiro atoms. The zero-order chi connectivity index (χ0) is 7.52. The van der Waals surface area contributed by atoms with Crippen molar-refractivity contribution in [3.63, 3.8) is 0 Å². The minimum atomic E-state index is 0.578. The molecular formula is C7H4N3O. The van der Waals surface area contributed by atoms with Crippen LogP contribution in [0, 0.1) is 6.26 Å². The Morgan fingerprint density at radius 1 is 1.27 bits per heavy atom. The summed E-state index contributed by atoms with van der Waals surface area (Å²) in [5.74, 6) is 0.578. The summed E-state index contributed by atoms with van der Waals surface area (Å²) < 4.78 is 4.74. The molecule has 0 fully saturated rings. The van der Waals surface area contributed by atoms with Gasteiger partial charge in [0.25, 0.3) is 0 Å². The fourth-order valence-corrected chi connectivity index (χ4v) is 0.732. The quantitative estimate of drug-likeness (QED) is 0.600. The highest BCUT2D eigenvalue weighted by Gasteiger charge is 2.00. The van der Waals surface area contributed by atoms with Crippen LogP contribution in [-0.4, -0.2) is 15.0 Å². The molecule has 0 bridgehead atoms. The maximum Gasteiger partial charge on any atom is 0.180 e. The van der Waals surface area contributed by atoms with Crippen molar-refractivity contribution in [3.05, 3.63) is 31.2 Å². The average Bonchev–Trinajstić information content (AvgIpc) is 2.58. The molecule has 2 aromatic rings. The molecule has 4 heteroatoms. The van der Waals surface area contributed by atoms with E-state index in [1.807, 2.05) is 0 Å². The summed E-state index contributed by atoms with van der Waals surface area (Å²) in [6, 6.07) is 1.75. The van der Waals surface area contributed by atoms with Crippen LogP contribution in [0.1, 0.15) is 0 Å². The highest BCUT2D eigenvalue weighted by Crippen LogP contribution is 2.11. The average molecular weight is 146 g/mol. The molecule has 0 aliphatic carbocycles. The number of aromatic nitrogens is 3. The van der Waals surface area contributed by atoms with Gasteiger partial charge >= 0.3 is 0 Å². The van der Waals surface area contributed by atoms with Crippen molar-refractivity contribution >= 4 is 0 Å². The second-order valence-electron chi connectivity index (χ2n) is 1.90. The molecule has 53 valence electrons. The fraction of sp³-hybridized carbons (Fsp3) is 0. The number of hydrogen-bond donors (Lipinski definition) is 0. The van der Waals surface area contributed by atoms with Crippen molar-refractivity contribution in [3.8, 4) is 11.4 Å². The third-order valence-electron chi connectivity index (χ3n) is 1.21. The maximum absolute atomic E-state index is 4.74. The molecule has 1 radical (unpaired) electrons. The third kappa shape index (κ3) is 1.10. The second kappa shape index (κ2) is 2.49. The first-order valence-corrected chi connectivity index (χ1v) is 3.04. The Kier molecular flexibility index (Phi) is 1.37. The van der Waals surface area contributed by atoms with Gasteiger partial charge in [-0.25, -0.2) is 15.0 Å². The number of furan rings is 1. The fourth-order valence-electron chi connectivity index (χ4n) is 0.732. The summed E-state index contributed by atoms with van der Waals surface area (Å²) in [6.07, 6.45) is 7.02. The second-order valence-corrected chi connectivity index (χ2v) is 1.90. The highest BCUT2D eigenvalue weighted by molar-refractivity contribution is 5.50. The van der Waals surface area contributed by atoms with E-state index in [2.05, 4.69) is 21.2 Å². The standard InChI is InChI=1S/C7H4N3O/c1-2-11-3-6(1)7-9-4-8-5-10-7/h1-2,4-5H. The molecule has 2 aromatic heterocycles. The van der Waals surface area contributed by atoms with Gasteiger partial charge in [-0.15, -0.1) is 0 Å². The largest absolute Gasteiger partial charge is 0.460 e. The molecular weight excluding hydrogens is 142 g/mol. The van der Waals surface area contributed by atoms with Gasteiger partial charge in [0.1, 0.15) is 12.7 Å². The van der Waals surface area contributed by atoms with Gasteiger partial charge in [0, 0.05) is 0 Å². The summed E-state index contributed by atoms with van der Waals surface area (Å²) in [4.78, 5) is 11.5. The van der Waals surface area contributed by atoms with Crippen molar-refractivity contribution < 1.29 is 4.42 Å². The molecule has 11 heavy (non-hydrogen) atoms. The molecule has 4 nitrogen and oxygen atoms in total. The summed E-state index contributed by atoms with van der Waals surface area (Å²) in [7, 11) is 0. The van der Waals surface area contributed by atoms with Crippen LogP contribution in [0.3, 0.4) is 0 Å². The van der Waals surface area contributed by atoms with Gasteiger partial charge in [-0.05, 0) is 6.07 Å². The van der Waals surface area contributed by atoms with Crippen molar-refractivity contribution in [2.24, 2.45) is 0 Å². The third-order valence-corrected chi connectivity index (χ3v) is 1.21. The monoisotopic (exact) mass is 146 g/mol. The van der Waals surface area contributed by atoms with Gasteiger partial charge in [-0.2, -0.15) is 0 Å². The molecule has 0 aliphatic rings. The van der Waals surface area contributed by atoms with Crippen molar-refractivity contribution in [1.82, 2.24) is 15.0 Å². The lowest BCUT2D eigenvalue weighted by atomic mass is 10.3. The minimum absolute atomic E-state index is 0.578. The molecule has 2 heterocycles. The van der Waals surface area contributed by atoms with Crippen LogP contribution in [0.15, 0.2) is 29.4 Å². The zero-order valence-corrected chi connectivity index (χ0v) is 5.56. The van der Waals surface area contributed by atoms with Gasteiger partial charge in [-0.3, -0.25) is 0 Å². The number of nitrogens with zero attached hydrogens (tertiary/aromatic N) is 3. The van der Waals surface area contributed by atoms with E-state index < -0.39 is 0 Å². The molecule has 0 aromatic carbocycles. The topological polar surface area (TPSA) is 51.8 Å². The predicted octanol–water partition coefficient (Wildman–Crippen LogP) is 0.932. The molecule has 0 amide bonds. The molecule has 0 atom stereocenters. The van der Waals surface area contributed by atoms with Gasteiger partial charge in [-0.1, -0.05) is 0 Å². The van der Waals surface area contributed by atoms with Crippen molar-refractivity contribution in [2.45, 2.75) is 0 Å². The lowest BCUT2D eigenvalue weighted by Gasteiger charge is -1.88. The Bertz CT molecular complexity index is 317.